The average molecular weight is 317 g/mol. The fourth-order valence-electron chi connectivity index (χ4n) is 3.29. The lowest BCUT2D eigenvalue weighted by Gasteiger charge is -2.32. The lowest BCUT2D eigenvalue weighted by Crippen LogP contribution is -3.12. The van der Waals surface area contributed by atoms with Gasteiger partial charge in [-0.15, -0.1) is 0 Å². The van der Waals surface area contributed by atoms with Crippen LogP contribution in [0.5, 0.6) is 0 Å². The third-order valence-electron chi connectivity index (χ3n) is 4.55. The van der Waals surface area contributed by atoms with Crippen LogP contribution in [0.2, 0.25) is 0 Å². The van der Waals surface area contributed by atoms with Gasteiger partial charge in [-0.3, -0.25) is 14.9 Å². The Morgan fingerprint density at radius 3 is 2.52 bits per heavy atom. The number of nitrogens with zero attached hydrogens (tertiary/aromatic N) is 3. The van der Waals surface area contributed by atoms with Gasteiger partial charge in [-0.2, -0.15) is 0 Å². The fourth-order valence-corrected chi connectivity index (χ4v) is 3.29. The van der Waals surface area contributed by atoms with Crippen LogP contribution in [0.1, 0.15) is 6.92 Å². The third-order valence-corrected chi connectivity index (χ3v) is 4.55. The number of likely N-dealkylation sites (N-methyl/N-ethyl adjacent to an activating group) is 1. The summed E-state index contributed by atoms with van der Waals surface area (Å²) >= 11 is 0. The van der Waals surface area contributed by atoms with Gasteiger partial charge in [0.05, 0.1) is 43.7 Å². The van der Waals surface area contributed by atoms with E-state index in [1.54, 1.807) is 0 Å². The number of piperazine rings is 1. The Balaban J connectivity index is 2.32. The number of aryl methyl sites for hydroxylation is 1. The molecule has 0 bridgehead atoms. The number of pyridine rings is 1. The minimum absolute atomic E-state index is 0.301. The van der Waals surface area contributed by atoms with E-state index in [-0.39, 0.29) is 5.69 Å². The Morgan fingerprint density at radius 2 is 1.91 bits per heavy atom. The smallest absolute Gasteiger partial charge is 0.354 e. The van der Waals surface area contributed by atoms with E-state index in [4.69, 9.17) is 0 Å². The monoisotopic (exact) mass is 317 g/mol. The molecule has 0 unspecified atom stereocenters. The van der Waals surface area contributed by atoms with E-state index in [1.807, 2.05) is 36.1 Å². The molecule has 0 radical (unpaired) electrons. The van der Waals surface area contributed by atoms with E-state index in [2.05, 4.69) is 7.05 Å². The van der Waals surface area contributed by atoms with Crippen LogP contribution in [0.15, 0.2) is 29.1 Å². The van der Waals surface area contributed by atoms with Gasteiger partial charge in [-0.05, 0) is 13.0 Å². The summed E-state index contributed by atoms with van der Waals surface area (Å²) in [5, 5.41) is 12.4. The topological polar surface area (TPSA) is 72.8 Å². The van der Waals surface area contributed by atoms with E-state index >= 15 is 0 Å². The van der Waals surface area contributed by atoms with Gasteiger partial charge >= 0.3 is 11.2 Å². The predicted molar refractivity (Wildman–Crippen MR) is 89.4 cm³/mol. The maximum absolute atomic E-state index is 12.7. The Bertz CT molecular complexity index is 807. The number of nitro groups is 1. The van der Waals surface area contributed by atoms with Crippen LogP contribution >= 0.6 is 0 Å². The summed E-state index contributed by atoms with van der Waals surface area (Å²) in [7, 11) is 2.11. The molecule has 3 rings (SSSR count). The average Bonchev–Trinajstić information content (AvgIpc) is 2.54. The van der Waals surface area contributed by atoms with E-state index in [9.17, 15) is 14.9 Å². The number of benzene rings is 1. The van der Waals surface area contributed by atoms with Gasteiger partial charge in [0.2, 0.25) is 0 Å². The lowest BCUT2D eigenvalue weighted by molar-refractivity contribution is -0.880. The first kappa shape index (κ1) is 15.5. The Labute approximate surface area is 133 Å². The molecule has 122 valence electrons. The van der Waals surface area contributed by atoms with Crippen LogP contribution in [-0.4, -0.2) is 42.7 Å². The molecule has 0 atom stereocenters. The predicted octanol–water partition coefficient (Wildman–Crippen LogP) is 0.264. The number of aromatic nitrogens is 1. The number of hydrogen-bond acceptors (Lipinski definition) is 4. The highest BCUT2D eigenvalue weighted by Gasteiger charge is 2.31. The van der Waals surface area contributed by atoms with Crippen molar-refractivity contribution >= 4 is 22.3 Å². The van der Waals surface area contributed by atoms with E-state index < -0.39 is 10.5 Å². The maximum atomic E-state index is 12.7. The van der Waals surface area contributed by atoms with Crippen molar-refractivity contribution in [3.05, 3.63) is 44.7 Å². The van der Waals surface area contributed by atoms with Crippen LogP contribution in [0, 0.1) is 10.1 Å². The molecule has 1 N–H and O–H groups in total. The van der Waals surface area contributed by atoms with Gasteiger partial charge < -0.3 is 14.4 Å². The molecule has 1 aromatic heterocycles. The molecule has 0 amide bonds. The second-order valence-corrected chi connectivity index (χ2v) is 5.97. The van der Waals surface area contributed by atoms with Crippen LogP contribution in [-0.2, 0) is 6.54 Å². The number of nitrogens with one attached hydrogen (secondary N) is 1. The van der Waals surface area contributed by atoms with Crippen molar-refractivity contribution in [1.82, 2.24) is 4.57 Å². The van der Waals surface area contributed by atoms with Crippen LogP contribution in [0.3, 0.4) is 0 Å². The second-order valence-electron chi connectivity index (χ2n) is 5.97. The van der Waals surface area contributed by atoms with Crippen molar-refractivity contribution in [3.8, 4) is 0 Å². The van der Waals surface area contributed by atoms with E-state index in [0.717, 1.165) is 24.0 Å². The van der Waals surface area contributed by atoms with Crippen molar-refractivity contribution < 1.29 is 9.82 Å². The van der Waals surface area contributed by atoms with Gasteiger partial charge in [0.1, 0.15) is 5.69 Å². The second kappa shape index (κ2) is 6.00. The first-order chi connectivity index (χ1) is 11.0. The summed E-state index contributed by atoms with van der Waals surface area (Å²) in [4.78, 5) is 27.2. The highest BCUT2D eigenvalue weighted by Crippen LogP contribution is 2.33. The first-order valence-corrected chi connectivity index (χ1v) is 7.90. The third kappa shape index (κ3) is 2.57. The van der Waals surface area contributed by atoms with E-state index in [1.165, 1.54) is 9.47 Å². The standard InChI is InChI=1S/C16H20N4O3/c1-3-19-13-7-5-4-6-12(13)14(15(16(19)21)20(22)23)18-10-8-17(2)9-11-18/h4-7H,3,8-11H2,1-2H3/p+1. The Kier molecular flexibility index (Phi) is 4.04. The van der Waals surface area contributed by atoms with E-state index in [0.29, 0.717) is 25.3 Å². The summed E-state index contributed by atoms with van der Waals surface area (Å²) in [6, 6.07) is 7.45. The van der Waals surface area contributed by atoms with Gasteiger partial charge in [0, 0.05) is 11.9 Å². The van der Waals surface area contributed by atoms with Crippen molar-refractivity contribution in [2.24, 2.45) is 0 Å². The van der Waals surface area contributed by atoms with Gasteiger partial charge in [-0.25, -0.2) is 0 Å². The molecule has 7 nitrogen and oxygen atoms in total. The molecule has 23 heavy (non-hydrogen) atoms. The minimum atomic E-state index is -0.526. The minimum Gasteiger partial charge on any atom is -0.354 e. The number of para-hydroxylation sites is 1. The fraction of sp³-hybridized carbons (Fsp3) is 0.438. The SMILES string of the molecule is CCn1c(=O)c([N+](=O)[O-])c(N2CC[NH+](C)CC2)c2ccccc21. The summed E-state index contributed by atoms with van der Waals surface area (Å²) in [6.07, 6.45) is 0. The molecule has 1 aliphatic heterocycles. The highest BCUT2D eigenvalue weighted by atomic mass is 16.6. The molecule has 1 saturated heterocycles. The van der Waals surface area contributed by atoms with Crippen LogP contribution in [0.25, 0.3) is 10.9 Å². The highest BCUT2D eigenvalue weighted by molar-refractivity contribution is 5.96. The Morgan fingerprint density at radius 1 is 1.26 bits per heavy atom. The van der Waals surface area contributed by atoms with Gasteiger partial charge in [0.25, 0.3) is 0 Å². The summed E-state index contributed by atoms with van der Waals surface area (Å²) in [6.45, 7) is 5.48. The summed E-state index contributed by atoms with van der Waals surface area (Å²) < 4.78 is 1.48. The van der Waals surface area contributed by atoms with Crippen LogP contribution in [0.4, 0.5) is 11.4 Å². The number of hydrogen-bond donors (Lipinski definition) is 1. The number of quaternary nitrogens is 1. The molecule has 2 aromatic rings. The quantitative estimate of drug-likeness (QED) is 0.651. The number of rotatable bonds is 3. The molecule has 1 aromatic carbocycles. The number of fused-ring (bicyclic) bond motifs is 1. The molecule has 2 heterocycles. The zero-order valence-corrected chi connectivity index (χ0v) is 13.4. The summed E-state index contributed by atoms with van der Waals surface area (Å²) in [5.74, 6) is 0. The van der Waals surface area contributed by atoms with Gasteiger partial charge in [0.15, 0.2) is 0 Å². The maximum Gasteiger partial charge on any atom is 0.357 e. The molecule has 0 saturated carbocycles. The largest absolute Gasteiger partial charge is 0.357 e. The molecular formula is C16H21N4O3+. The molecule has 7 heteroatoms. The molecule has 1 aliphatic rings. The normalized spacial score (nSPS) is 16.0. The number of anilines is 1. The van der Waals surface area contributed by atoms with Crippen molar-refractivity contribution in [2.45, 2.75) is 13.5 Å². The lowest BCUT2D eigenvalue weighted by atomic mass is 10.1. The molecule has 0 aliphatic carbocycles. The molecular weight excluding hydrogens is 296 g/mol. The van der Waals surface area contributed by atoms with Crippen molar-refractivity contribution in [2.75, 3.05) is 38.1 Å². The zero-order valence-electron chi connectivity index (χ0n) is 13.4. The molecule has 1 fully saturated rings. The summed E-state index contributed by atoms with van der Waals surface area (Å²) in [5.41, 5.74) is 0.419. The van der Waals surface area contributed by atoms with Crippen LogP contribution < -0.4 is 15.4 Å². The zero-order chi connectivity index (χ0) is 16.6. The van der Waals surface area contributed by atoms with Crippen molar-refractivity contribution in [1.29, 1.82) is 0 Å². The van der Waals surface area contributed by atoms with Crippen molar-refractivity contribution in [3.63, 3.8) is 0 Å². The molecule has 0 spiro atoms. The first-order valence-electron chi connectivity index (χ1n) is 7.90. The Hall–Kier alpha value is -2.41. The van der Waals surface area contributed by atoms with Gasteiger partial charge in [-0.1, -0.05) is 18.2 Å².